The molecule has 1 atom stereocenters. The summed E-state index contributed by atoms with van der Waals surface area (Å²) in [4.78, 5) is 26.4. The molecule has 0 bridgehead atoms. The normalized spacial score (nSPS) is 21.1. The molecule has 1 aliphatic carbocycles. The first-order valence-electron chi connectivity index (χ1n) is 12.5. The molecule has 1 saturated carbocycles. The molecule has 3 N–H and O–H groups in total. The second-order valence-electron chi connectivity index (χ2n) is 9.73. The molecular formula is C26H33N5O3. The second-order valence-corrected chi connectivity index (χ2v) is 9.73. The molecular weight excluding hydrogens is 430 g/mol. The van der Waals surface area contributed by atoms with Crippen LogP contribution in [-0.2, 0) is 19.7 Å². The van der Waals surface area contributed by atoms with Crippen LogP contribution in [0.1, 0.15) is 63.4 Å². The quantitative estimate of drug-likeness (QED) is 0.612. The summed E-state index contributed by atoms with van der Waals surface area (Å²) < 4.78 is 5.49. The Kier molecular flexibility index (Phi) is 6.76. The molecule has 2 aromatic rings. The lowest BCUT2D eigenvalue weighted by Gasteiger charge is -2.31. The zero-order chi connectivity index (χ0) is 23.4. The summed E-state index contributed by atoms with van der Waals surface area (Å²) in [6, 6.07) is 9.03. The third-order valence-electron chi connectivity index (χ3n) is 7.61. The molecule has 2 aliphatic heterocycles. The number of carbonyl (C=O) groups excluding carboxylic acids is 2. The van der Waals surface area contributed by atoms with Gasteiger partial charge in [-0.05, 0) is 61.4 Å². The van der Waals surface area contributed by atoms with E-state index in [1.165, 1.54) is 19.3 Å². The number of aromatic nitrogens is 2. The van der Waals surface area contributed by atoms with Gasteiger partial charge in [0.05, 0.1) is 5.41 Å². The molecule has 1 spiro atoms. The highest BCUT2D eigenvalue weighted by Gasteiger charge is 2.47. The minimum absolute atomic E-state index is 0.0333. The largest absolute Gasteiger partial charge is 0.381 e. The van der Waals surface area contributed by atoms with E-state index in [-0.39, 0.29) is 17.7 Å². The second kappa shape index (κ2) is 10.1. The van der Waals surface area contributed by atoms with Crippen LogP contribution in [0.15, 0.2) is 36.5 Å². The van der Waals surface area contributed by atoms with Gasteiger partial charge < -0.3 is 20.7 Å². The number of ether oxygens (including phenoxy) is 1. The van der Waals surface area contributed by atoms with Gasteiger partial charge in [-0.25, -0.2) is 0 Å². The molecule has 2 fully saturated rings. The molecule has 8 heteroatoms. The summed E-state index contributed by atoms with van der Waals surface area (Å²) in [5, 5.41) is 17.6. The van der Waals surface area contributed by atoms with Gasteiger partial charge in [-0.2, -0.15) is 5.10 Å². The summed E-state index contributed by atoms with van der Waals surface area (Å²) in [6.07, 6.45) is 11.0. The molecule has 0 radical (unpaired) electrons. The van der Waals surface area contributed by atoms with E-state index in [0.717, 1.165) is 36.9 Å². The number of amides is 2. The van der Waals surface area contributed by atoms with E-state index in [1.807, 2.05) is 30.3 Å². The number of rotatable bonds is 5. The molecule has 34 heavy (non-hydrogen) atoms. The lowest BCUT2D eigenvalue weighted by atomic mass is 9.75. The van der Waals surface area contributed by atoms with Crippen molar-refractivity contribution in [1.82, 2.24) is 10.2 Å². The van der Waals surface area contributed by atoms with Gasteiger partial charge in [-0.15, -0.1) is 5.10 Å². The predicted octanol–water partition coefficient (Wildman–Crippen LogP) is 4.26. The van der Waals surface area contributed by atoms with Crippen molar-refractivity contribution in [3.8, 4) is 0 Å². The van der Waals surface area contributed by atoms with Gasteiger partial charge >= 0.3 is 0 Å². The summed E-state index contributed by atoms with van der Waals surface area (Å²) in [5.74, 6) is 0.779. The fourth-order valence-corrected chi connectivity index (χ4v) is 5.70. The number of hydrogen-bond acceptors (Lipinski definition) is 6. The Morgan fingerprint density at radius 1 is 1.09 bits per heavy atom. The standard InChI is InChI=1S/C26H33N5O3/c32-24(23(30-22-9-6-14-27-31-22)18-7-4-2-1-3-5-8-18)28-19-10-11-20-21(17-19)29-25(33)26(20)12-15-34-16-13-26/h6,9-11,14,17-18,23H,1-5,7-8,12-13,15-16H2,(H,28,32)(H,29,33)(H,30,31). The zero-order valence-corrected chi connectivity index (χ0v) is 19.5. The number of nitrogens with one attached hydrogen (secondary N) is 3. The van der Waals surface area contributed by atoms with E-state index in [1.54, 1.807) is 6.20 Å². The highest BCUT2D eigenvalue weighted by molar-refractivity contribution is 6.07. The third-order valence-corrected chi connectivity index (χ3v) is 7.61. The predicted molar refractivity (Wildman–Crippen MR) is 131 cm³/mol. The lowest BCUT2D eigenvalue weighted by molar-refractivity contribution is -0.124. The Morgan fingerprint density at radius 2 is 1.85 bits per heavy atom. The van der Waals surface area contributed by atoms with Gasteiger partial charge in [-0.3, -0.25) is 9.59 Å². The van der Waals surface area contributed by atoms with Gasteiger partial charge in [0, 0.05) is 30.8 Å². The van der Waals surface area contributed by atoms with Gasteiger partial charge in [-0.1, -0.05) is 38.2 Å². The first kappa shape index (κ1) is 22.8. The van der Waals surface area contributed by atoms with E-state index in [9.17, 15) is 9.59 Å². The van der Waals surface area contributed by atoms with Crippen molar-refractivity contribution in [1.29, 1.82) is 0 Å². The van der Waals surface area contributed by atoms with Crippen LogP contribution in [-0.4, -0.2) is 41.3 Å². The summed E-state index contributed by atoms with van der Waals surface area (Å²) in [6.45, 7) is 1.17. The molecule has 8 nitrogen and oxygen atoms in total. The lowest BCUT2D eigenvalue weighted by Crippen LogP contribution is -2.41. The van der Waals surface area contributed by atoms with Gasteiger partial charge in [0.2, 0.25) is 11.8 Å². The van der Waals surface area contributed by atoms with Gasteiger partial charge in [0.1, 0.15) is 11.9 Å². The monoisotopic (exact) mass is 463 g/mol. The van der Waals surface area contributed by atoms with Crippen LogP contribution in [0.2, 0.25) is 0 Å². The maximum absolute atomic E-state index is 13.5. The number of benzene rings is 1. The van der Waals surface area contributed by atoms with Gasteiger partial charge in [0.25, 0.3) is 0 Å². The summed E-state index contributed by atoms with van der Waals surface area (Å²) in [7, 11) is 0. The molecule has 3 heterocycles. The third kappa shape index (κ3) is 4.64. The Hall–Kier alpha value is -3.00. The van der Waals surface area contributed by atoms with Crippen LogP contribution < -0.4 is 16.0 Å². The molecule has 2 amide bonds. The van der Waals surface area contributed by atoms with E-state index in [0.29, 0.717) is 37.6 Å². The van der Waals surface area contributed by atoms with Gasteiger partial charge in [0.15, 0.2) is 0 Å². The maximum atomic E-state index is 13.5. The van der Waals surface area contributed by atoms with Crippen LogP contribution in [0.5, 0.6) is 0 Å². The van der Waals surface area contributed by atoms with Crippen LogP contribution in [0.25, 0.3) is 0 Å². The van der Waals surface area contributed by atoms with Crippen molar-refractivity contribution in [2.45, 2.75) is 69.2 Å². The molecule has 1 saturated heterocycles. The molecule has 1 aromatic carbocycles. The highest BCUT2D eigenvalue weighted by Crippen LogP contribution is 2.45. The highest BCUT2D eigenvalue weighted by atomic mass is 16.5. The first-order chi connectivity index (χ1) is 16.7. The molecule has 1 unspecified atom stereocenters. The zero-order valence-electron chi connectivity index (χ0n) is 19.5. The molecule has 3 aliphatic rings. The Bertz CT molecular complexity index is 1010. The van der Waals surface area contributed by atoms with Crippen LogP contribution in [0, 0.1) is 5.92 Å². The summed E-state index contributed by atoms with van der Waals surface area (Å²) >= 11 is 0. The minimum Gasteiger partial charge on any atom is -0.381 e. The number of anilines is 3. The van der Waals surface area contributed by atoms with Crippen LogP contribution >= 0.6 is 0 Å². The Labute approximate surface area is 200 Å². The van der Waals surface area contributed by atoms with Crippen molar-refractivity contribution >= 4 is 29.0 Å². The first-order valence-corrected chi connectivity index (χ1v) is 12.5. The minimum atomic E-state index is -0.509. The molecule has 5 rings (SSSR count). The Balaban J connectivity index is 1.35. The van der Waals surface area contributed by atoms with Crippen molar-refractivity contribution in [2.24, 2.45) is 5.92 Å². The SMILES string of the molecule is O=C(Nc1ccc2c(c1)NC(=O)C21CCOCC1)C(Nc1cccnn1)C1CCCCCCC1. The van der Waals surface area contributed by atoms with E-state index in [4.69, 9.17) is 4.74 Å². The van der Waals surface area contributed by atoms with Crippen LogP contribution in [0.3, 0.4) is 0 Å². The van der Waals surface area contributed by atoms with Crippen molar-refractivity contribution in [3.63, 3.8) is 0 Å². The number of carbonyl (C=O) groups is 2. The van der Waals surface area contributed by atoms with E-state index < -0.39 is 11.5 Å². The number of hydrogen-bond donors (Lipinski definition) is 3. The van der Waals surface area contributed by atoms with E-state index in [2.05, 4.69) is 26.1 Å². The van der Waals surface area contributed by atoms with Crippen molar-refractivity contribution in [3.05, 3.63) is 42.1 Å². The molecule has 180 valence electrons. The maximum Gasteiger partial charge on any atom is 0.247 e. The topological polar surface area (TPSA) is 105 Å². The average Bonchev–Trinajstić information content (AvgIpc) is 3.09. The molecule has 1 aromatic heterocycles. The Morgan fingerprint density at radius 3 is 2.59 bits per heavy atom. The fourth-order valence-electron chi connectivity index (χ4n) is 5.70. The average molecular weight is 464 g/mol. The fraction of sp³-hybridized carbons (Fsp3) is 0.538. The van der Waals surface area contributed by atoms with Crippen molar-refractivity contribution in [2.75, 3.05) is 29.2 Å². The number of fused-ring (bicyclic) bond motifs is 2. The smallest absolute Gasteiger partial charge is 0.247 e. The van der Waals surface area contributed by atoms with Crippen molar-refractivity contribution < 1.29 is 14.3 Å². The van der Waals surface area contributed by atoms with Crippen LogP contribution in [0.4, 0.5) is 17.2 Å². The summed E-state index contributed by atoms with van der Waals surface area (Å²) in [5.41, 5.74) is 1.97. The number of nitrogens with zero attached hydrogens (tertiary/aromatic N) is 2. The van der Waals surface area contributed by atoms with E-state index >= 15 is 0 Å².